The van der Waals surface area contributed by atoms with Gasteiger partial charge in [0.15, 0.2) is 4.34 Å². The maximum absolute atomic E-state index is 13.0. The molecule has 2 aromatic carbocycles. The van der Waals surface area contributed by atoms with Crippen molar-refractivity contribution in [3.63, 3.8) is 0 Å². The molecule has 0 saturated heterocycles. The molecule has 0 saturated carbocycles. The van der Waals surface area contributed by atoms with Crippen LogP contribution in [0.25, 0.3) is 11.3 Å². The van der Waals surface area contributed by atoms with Crippen molar-refractivity contribution in [1.82, 2.24) is 20.0 Å². The molecule has 1 N–H and O–H groups in total. The molecule has 2 aromatic heterocycles. The van der Waals surface area contributed by atoms with Crippen LogP contribution < -0.4 is 5.32 Å². The van der Waals surface area contributed by atoms with Gasteiger partial charge >= 0.3 is 0 Å². The van der Waals surface area contributed by atoms with Crippen LogP contribution in [0.5, 0.6) is 0 Å². The first-order valence-electron chi connectivity index (χ1n) is 9.27. The highest BCUT2D eigenvalue weighted by molar-refractivity contribution is 8.01. The number of halogens is 1. The van der Waals surface area contributed by atoms with Gasteiger partial charge in [-0.2, -0.15) is 5.10 Å². The van der Waals surface area contributed by atoms with Gasteiger partial charge < -0.3 is 0 Å². The quantitative estimate of drug-likeness (QED) is 0.295. The minimum atomic E-state index is -0.275. The minimum absolute atomic E-state index is 0.275. The van der Waals surface area contributed by atoms with Crippen molar-refractivity contribution < 1.29 is 4.79 Å². The van der Waals surface area contributed by atoms with Crippen molar-refractivity contribution in [2.75, 3.05) is 11.1 Å². The van der Waals surface area contributed by atoms with Crippen LogP contribution in [0.2, 0.25) is 5.02 Å². The lowest BCUT2D eigenvalue weighted by molar-refractivity contribution is 0.102. The number of aromatic nitrogens is 4. The number of carbonyl (C=O) groups is 1. The number of nitrogens with zero attached hydrogens (tertiary/aromatic N) is 4. The van der Waals surface area contributed by atoms with E-state index in [1.807, 2.05) is 49.4 Å². The number of carbonyl (C=O) groups excluding carboxylic acids is 1. The summed E-state index contributed by atoms with van der Waals surface area (Å²) >= 11 is 8.98. The standard InChI is InChI=1S/C21H18ClN5OS2/c1-2-29-21-25-24-20(30-21)23-19(28)17-13-27(12-14-6-4-3-5-7-14)26-18(17)15-8-10-16(22)11-9-15/h3-11,13H,2,12H2,1H3,(H,23,24,28). The lowest BCUT2D eigenvalue weighted by Crippen LogP contribution is -2.12. The van der Waals surface area contributed by atoms with Crippen LogP contribution in [0.4, 0.5) is 5.13 Å². The van der Waals surface area contributed by atoms with E-state index in [-0.39, 0.29) is 5.91 Å². The summed E-state index contributed by atoms with van der Waals surface area (Å²) in [5, 5.41) is 16.8. The Morgan fingerprint density at radius 3 is 2.63 bits per heavy atom. The molecule has 0 radical (unpaired) electrons. The second-order valence-corrected chi connectivity index (χ2v) is 9.27. The number of hydrogen-bond donors (Lipinski definition) is 1. The molecule has 6 nitrogen and oxygen atoms in total. The van der Waals surface area contributed by atoms with E-state index < -0.39 is 0 Å². The van der Waals surface area contributed by atoms with E-state index in [0.29, 0.717) is 28.0 Å². The Morgan fingerprint density at radius 2 is 1.90 bits per heavy atom. The minimum Gasteiger partial charge on any atom is -0.296 e. The van der Waals surface area contributed by atoms with Crippen LogP contribution in [-0.2, 0) is 6.54 Å². The molecule has 2 heterocycles. The lowest BCUT2D eigenvalue weighted by Gasteiger charge is -2.02. The number of benzene rings is 2. The summed E-state index contributed by atoms with van der Waals surface area (Å²) in [7, 11) is 0. The van der Waals surface area contributed by atoms with Crippen LogP contribution in [0.1, 0.15) is 22.8 Å². The molecule has 0 aliphatic heterocycles. The summed E-state index contributed by atoms with van der Waals surface area (Å²) in [4.78, 5) is 13.0. The highest BCUT2D eigenvalue weighted by Crippen LogP contribution is 2.28. The van der Waals surface area contributed by atoms with E-state index in [4.69, 9.17) is 11.6 Å². The average molecular weight is 456 g/mol. The zero-order chi connectivity index (χ0) is 20.9. The van der Waals surface area contributed by atoms with Gasteiger partial charge in [0.05, 0.1) is 12.1 Å². The third-order valence-electron chi connectivity index (χ3n) is 4.21. The zero-order valence-corrected chi connectivity index (χ0v) is 18.5. The molecule has 1 amide bonds. The first-order valence-corrected chi connectivity index (χ1v) is 11.5. The van der Waals surface area contributed by atoms with Gasteiger partial charge in [-0.15, -0.1) is 10.2 Å². The largest absolute Gasteiger partial charge is 0.296 e. The normalized spacial score (nSPS) is 10.9. The number of nitrogens with one attached hydrogen (secondary N) is 1. The molecule has 30 heavy (non-hydrogen) atoms. The zero-order valence-electron chi connectivity index (χ0n) is 16.1. The van der Waals surface area contributed by atoms with E-state index in [9.17, 15) is 4.79 Å². The fourth-order valence-electron chi connectivity index (χ4n) is 2.87. The molecule has 4 rings (SSSR count). The van der Waals surface area contributed by atoms with E-state index >= 15 is 0 Å². The van der Waals surface area contributed by atoms with Gasteiger partial charge in [-0.3, -0.25) is 14.8 Å². The van der Waals surface area contributed by atoms with E-state index in [0.717, 1.165) is 21.2 Å². The Bertz CT molecular complexity index is 1140. The van der Waals surface area contributed by atoms with Gasteiger partial charge in [0, 0.05) is 16.8 Å². The summed E-state index contributed by atoms with van der Waals surface area (Å²) in [5.74, 6) is 0.624. The summed E-state index contributed by atoms with van der Waals surface area (Å²) in [5.41, 5.74) is 2.97. The Balaban J connectivity index is 1.65. The second-order valence-electron chi connectivity index (χ2n) is 6.34. The number of rotatable bonds is 7. The molecule has 0 aliphatic carbocycles. The Morgan fingerprint density at radius 1 is 1.13 bits per heavy atom. The number of amides is 1. The van der Waals surface area contributed by atoms with Crippen molar-refractivity contribution in [3.8, 4) is 11.3 Å². The summed E-state index contributed by atoms with van der Waals surface area (Å²) in [6.45, 7) is 2.61. The highest BCUT2D eigenvalue weighted by atomic mass is 35.5. The molecule has 0 fully saturated rings. The third-order valence-corrected chi connectivity index (χ3v) is 6.31. The molecular weight excluding hydrogens is 438 g/mol. The van der Waals surface area contributed by atoms with Crippen molar-refractivity contribution in [2.24, 2.45) is 0 Å². The first-order chi connectivity index (χ1) is 14.6. The van der Waals surface area contributed by atoms with Gasteiger partial charge in [0.2, 0.25) is 5.13 Å². The van der Waals surface area contributed by atoms with Crippen LogP contribution in [0.3, 0.4) is 0 Å². The van der Waals surface area contributed by atoms with Gasteiger partial charge in [-0.1, -0.05) is 84.1 Å². The number of hydrogen-bond acceptors (Lipinski definition) is 6. The molecule has 9 heteroatoms. The second kappa shape index (κ2) is 9.42. The third kappa shape index (κ3) is 4.89. The molecular formula is C21H18ClN5OS2. The Kier molecular flexibility index (Phi) is 6.47. The maximum Gasteiger partial charge on any atom is 0.261 e. The topological polar surface area (TPSA) is 72.7 Å². The summed E-state index contributed by atoms with van der Waals surface area (Å²) in [6, 6.07) is 17.3. The molecule has 4 aromatic rings. The fourth-order valence-corrected chi connectivity index (χ4v) is 4.64. The molecule has 0 spiro atoms. The first kappa shape index (κ1) is 20.6. The molecule has 0 unspecified atom stereocenters. The monoisotopic (exact) mass is 455 g/mol. The summed E-state index contributed by atoms with van der Waals surface area (Å²) < 4.78 is 2.60. The van der Waals surface area contributed by atoms with Crippen molar-refractivity contribution in [3.05, 3.63) is 76.9 Å². The Hall–Kier alpha value is -2.68. The average Bonchev–Trinajstić information content (AvgIpc) is 3.37. The predicted octanol–water partition coefficient (Wildman–Crippen LogP) is 5.47. The van der Waals surface area contributed by atoms with Crippen LogP contribution >= 0.6 is 34.7 Å². The lowest BCUT2D eigenvalue weighted by atomic mass is 10.1. The van der Waals surface area contributed by atoms with E-state index in [1.54, 1.807) is 34.8 Å². The molecule has 0 bridgehead atoms. The molecule has 0 atom stereocenters. The van der Waals surface area contributed by atoms with Crippen LogP contribution in [-0.4, -0.2) is 31.6 Å². The van der Waals surface area contributed by atoms with Crippen molar-refractivity contribution in [1.29, 1.82) is 0 Å². The van der Waals surface area contributed by atoms with Crippen molar-refractivity contribution in [2.45, 2.75) is 17.8 Å². The van der Waals surface area contributed by atoms with E-state index in [1.165, 1.54) is 11.3 Å². The predicted molar refractivity (Wildman–Crippen MR) is 122 cm³/mol. The summed E-state index contributed by atoms with van der Waals surface area (Å²) in [6.07, 6.45) is 1.76. The maximum atomic E-state index is 13.0. The number of thioether (sulfide) groups is 1. The van der Waals surface area contributed by atoms with Crippen molar-refractivity contribution >= 4 is 45.7 Å². The molecule has 0 aliphatic rings. The number of anilines is 1. The highest BCUT2D eigenvalue weighted by Gasteiger charge is 2.20. The van der Waals surface area contributed by atoms with Gasteiger partial charge in [0.25, 0.3) is 5.91 Å². The van der Waals surface area contributed by atoms with Gasteiger partial charge in [-0.05, 0) is 23.4 Å². The molecule has 152 valence electrons. The Labute approximate surface area is 187 Å². The smallest absolute Gasteiger partial charge is 0.261 e. The van der Waals surface area contributed by atoms with Crippen LogP contribution in [0.15, 0.2) is 65.1 Å². The fraction of sp³-hybridized carbons (Fsp3) is 0.143. The van der Waals surface area contributed by atoms with E-state index in [2.05, 4.69) is 20.6 Å². The van der Waals surface area contributed by atoms with Gasteiger partial charge in [0.1, 0.15) is 5.69 Å². The van der Waals surface area contributed by atoms with Gasteiger partial charge in [-0.25, -0.2) is 0 Å². The van der Waals surface area contributed by atoms with Crippen LogP contribution in [0, 0.1) is 0 Å². The SMILES string of the molecule is CCSc1nnc(NC(=O)c2cn(Cc3ccccc3)nc2-c2ccc(Cl)cc2)s1.